The average molecular weight is 504 g/mol. The zero-order chi connectivity index (χ0) is 23.8. The molecule has 1 fully saturated rings. The quantitative estimate of drug-likeness (QED) is 0.313. The number of thiazole rings is 1. The van der Waals surface area contributed by atoms with Crippen LogP contribution in [0.25, 0.3) is 20.3 Å². The molecule has 1 N–H and O–H groups in total. The Morgan fingerprint density at radius 2 is 1.88 bits per heavy atom. The van der Waals surface area contributed by atoms with Gasteiger partial charge >= 0.3 is 0 Å². The molecule has 0 spiro atoms. The van der Waals surface area contributed by atoms with Gasteiger partial charge in [0.1, 0.15) is 11.3 Å². The van der Waals surface area contributed by atoms with E-state index in [9.17, 15) is 23.7 Å². The van der Waals surface area contributed by atoms with Crippen molar-refractivity contribution in [2.45, 2.75) is 0 Å². The van der Waals surface area contributed by atoms with E-state index < -0.39 is 16.6 Å². The molecule has 0 aliphatic carbocycles. The minimum Gasteiger partial charge on any atom is -0.350 e. The molecule has 8 nitrogen and oxygen atoms in total. The van der Waals surface area contributed by atoms with Crippen molar-refractivity contribution in [1.29, 1.82) is 0 Å². The first kappa shape index (κ1) is 22.6. The third-order valence-corrected chi connectivity index (χ3v) is 7.87. The van der Waals surface area contributed by atoms with Gasteiger partial charge in [-0.25, -0.2) is 13.8 Å². The highest BCUT2D eigenvalue weighted by atomic mass is 32.1. The molecule has 0 unspecified atom stereocenters. The van der Waals surface area contributed by atoms with Crippen LogP contribution in [0.2, 0.25) is 0 Å². The van der Waals surface area contributed by atoms with Crippen molar-refractivity contribution in [2.75, 3.05) is 44.2 Å². The molecule has 3 heterocycles. The summed E-state index contributed by atoms with van der Waals surface area (Å²) in [4.78, 5) is 32.1. The highest BCUT2D eigenvalue weighted by Gasteiger charge is 2.21. The number of halogens is 2. The lowest BCUT2D eigenvalue weighted by atomic mass is 10.2. The molecule has 5 rings (SSSR count). The number of non-ortho nitro benzene ring substituents is 1. The van der Waals surface area contributed by atoms with Gasteiger partial charge in [-0.2, -0.15) is 0 Å². The van der Waals surface area contributed by atoms with E-state index in [0.29, 0.717) is 46.3 Å². The Balaban J connectivity index is 1.13. The summed E-state index contributed by atoms with van der Waals surface area (Å²) < 4.78 is 28.7. The zero-order valence-electron chi connectivity index (χ0n) is 17.8. The summed E-state index contributed by atoms with van der Waals surface area (Å²) in [6.45, 7) is 4.07. The smallest absolute Gasteiger partial charge is 0.270 e. The van der Waals surface area contributed by atoms with Gasteiger partial charge in [-0.1, -0.05) is 11.3 Å². The third-order valence-electron chi connectivity index (χ3n) is 5.69. The van der Waals surface area contributed by atoms with Crippen LogP contribution in [0.4, 0.5) is 19.6 Å². The summed E-state index contributed by atoms with van der Waals surface area (Å²) in [5, 5.41) is 15.2. The summed E-state index contributed by atoms with van der Waals surface area (Å²) in [5.41, 5.74) is 0.196. The maximum Gasteiger partial charge on any atom is 0.270 e. The number of anilines is 1. The molecule has 2 aromatic carbocycles. The number of thiophene rings is 1. The fraction of sp³-hybridized carbons (Fsp3) is 0.273. The number of fused-ring (bicyclic) bond motifs is 2. The van der Waals surface area contributed by atoms with Crippen LogP contribution in [0.15, 0.2) is 36.4 Å². The van der Waals surface area contributed by atoms with Gasteiger partial charge in [-0.15, -0.1) is 11.3 Å². The molecule has 12 heteroatoms. The van der Waals surface area contributed by atoms with Crippen molar-refractivity contribution in [2.24, 2.45) is 0 Å². The first-order valence-corrected chi connectivity index (χ1v) is 12.2. The molecule has 0 atom stereocenters. The van der Waals surface area contributed by atoms with E-state index >= 15 is 0 Å². The second-order valence-corrected chi connectivity index (χ2v) is 10.00. The van der Waals surface area contributed by atoms with Crippen LogP contribution >= 0.6 is 22.7 Å². The minimum atomic E-state index is -0.649. The summed E-state index contributed by atoms with van der Waals surface area (Å²) >= 11 is 2.58. The molecule has 0 radical (unpaired) electrons. The van der Waals surface area contributed by atoms with Gasteiger partial charge in [-0.3, -0.25) is 19.8 Å². The number of hydrogen-bond donors (Lipinski definition) is 1. The van der Waals surface area contributed by atoms with E-state index in [0.717, 1.165) is 23.9 Å². The number of amides is 1. The topological polar surface area (TPSA) is 91.6 Å². The Bertz CT molecular complexity index is 1400. The highest BCUT2D eigenvalue weighted by Crippen LogP contribution is 2.32. The molecule has 0 saturated carbocycles. The van der Waals surface area contributed by atoms with E-state index in [1.165, 1.54) is 40.9 Å². The first-order chi connectivity index (χ1) is 16.4. The number of nitrogens with zero attached hydrogens (tertiary/aromatic N) is 4. The SMILES string of the molecule is O=C(NCCN1CCN(c2nc3c(F)cc(F)cc3s2)CC1)c1cc2cc([N+](=O)[O-])ccc2s1. The van der Waals surface area contributed by atoms with Gasteiger partial charge in [0.15, 0.2) is 10.9 Å². The van der Waals surface area contributed by atoms with Gasteiger partial charge in [0.05, 0.1) is 14.5 Å². The fourth-order valence-electron chi connectivity index (χ4n) is 3.91. The highest BCUT2D eigenvalue weighted by molar-refractivity contribution is 7.22. The van der Waals surface area contributed by atoms with E-state index in [-0.39, 0.29) is 17.1 Å². The number of nitro groups is 1. The van der Waals surface area contributed by atoms with E-state index in [4.69, 9.17) is 0 Å². The maximum absolute atomic E-state index is 13.9. The fourth-order valence-corrected chi connectivity index (χ4v) is 5.93. The monoisotopic (exact) mass is 503 g/mol. The van der Waals surface area contributed by atoms with Crippen LogP contribution in [0.3, 0.4) is 0 Å². The summed E-state index contributed by atoms with van der Waals surface area (Å²) in [5.74, 6) is -1.46. The predicted octanol–water partition coefficient (Wildman–Crippen LogP) is 4.25. The van der Waals surface area contributed by atoms with E-state index in [1.54, 1.807) is 12.1 Å². The molecule has 0 bridgehead atoms. The van der Waals surface area contributed by atoms with Gasteiger partial charge in [0, 0.05) is 67.6 Å². The predicted molar refractivity (Wildman–Crippen MR) is 129 cm³/mol. The van der Waals surface area contributed by atoms with Crippen LogP contribution < -0.4 is 10.2 Å². The molecule has 4 aromatic rings. The molecule has 176 valence electrons. The summed E-state index contributed by atoms with van der Waals surface area (Å²) in [6.07, 6.45) is 0. The number of benzene rings is 2. The number of carbonyl (C=O) groups excluding carboxylic acids is 1. The Hall–Kier alpha value is -3.22. The van der Waals surface area contributed by atoms with E-state index in [2.05, 4.69) is 20.1 Å². The molecule has 1 amide bonds. The van der Waals surface area contributed by atoms with Gasteiger partial charge < -0.3 is 10.2 Å². The lowest BCUT2D eigenvalue weighted by molar-refractivity contribution is -0.384. The third kappa shape index (κ3) is 4.56. The Kier molecular flexibility index (Phi) is 6.11. The Labute approximate surface area is 200 Å². The normalized spacial score (nSPS) is 14.7. The van der Waals surface area contributed by atoms with Crippen LogP contribution in [0.1, 0.15) is 9.67 Å². The minimum absolute atomic E-state index is 0.000420. The number of nitrogens with one attached hydrogen (secondary N) is 1. The van der Waals surface area contributed by atoms with Crippen LogP contribution in [-0.4, -0.2) is 60.0 Å². The lowest BCUT2D eigenvalue weighted by Crippen LogP contribution is -2.48. The zero-order valence-corrected chi connectivity index (χ0v) is 19.4. The van der Waals surface area contributed by atoms with Crippen LogP contribution in [-0.2, 0) is 0 Å². The van der Waals surface area contributed by atoms with Gasteiger partial charge in [-0.05, 0) is 18.2 Å². The summed E-state index contributed by atoms with van der Waals surface area (Å²) in [7, 11) is 0. The van der Waals surface area contributed by atoms with Crippen molar-refractivity contribution >= 4 is 59.7 Å². The number of hydrogen-bond acceptors (Lipinski definition) is 8. The van der Waals surface area contributed by atoms with Crippen molar-refractivity contribution < 1.29 is 18.5 Å². The number of piperazine rings is 1. The van der Waals surface area contributed by atoms with Crippen molar-refractivity contribution in [1.82, 2.24) is 15.2 Å². The van der Waals surface area contributed by atoms with Crippen molar-refractivity contribution in [3.05, 3.63) is 63.0 Å². The Morgan fingerprint density at radius 1 is 1.09 bits per heavy atom. The second-order valence-electron chi connectivity index (χ2n) is 7.91. The number of carbonyl (C=O) groups is 1. The van der Waals surface area contributed by atoms with E-state index in [1.807, 2.05) is 0 Å². The Morgan fingerprint density at radius 3 is 2.65 bits per heavy atom. The first-order valence-electron chi connectivity index (χ1n) is 10.6. The molecule has 34 heavy (non-hydrogen) atoms. The van der Waals surface area contributed by atoms with Gasteiger partial charge in [0.2, 0.25) is 0 Å². The molecule has 1 saturated heterocycles. The number of aromatic nitrogens is 1. The van der Waals surface area contributed by atoms with Crippen LogP contribution in [0.5, 0.6) is 0 Å². The molecular weight excluding hydrogens is 484 g/mol. The molecule has 1 aliphatic heterocycles. The number of nitro benzene ring substituents is 1. The molecule has 1 aliphatic rings. The second kappa shape index (κ2) is 9.20. The van der Waals surface area contributed by atoms with Crippen molar-refractivity contribution in [3.63, 3.8) is 0 Å². The molecule has 2 aromatic heterocycles. The molecular formula is C22H19F2N5O3S2. The van der Waals surface area contributed by atoms with Crippen LogP contribution in [0, 0.1) is 21.7 Å². The maximum atomic E-state index is 13.9. The lowest BCUT2D eigenvalue weighted by Gasteiger charge is -2.34. The summed E-state index contributed by atoms with van der Waals surface area (Å²) in [6, 6.07) is 8.39. The average Bonchev–Trinajstić information content (AvgIpc) is 3.43. The standard InChI is InChI=1S/C22H19F2N5O3S2/c23-14-11-16(24)20-18(12-14)34-22(26-20)28-7-5-27(6-8-28)4-3-25-21(30)19-10-13-9-15(29(31)32)1-2-17(13)33-19/h1-2,9-12H,3-8H2,(H,25,30). The number of rotatable bonds is 6. The largest absolute Gasteiger partial charge is 0.350 e. The van der Waals surface area contributed by atoms with Gasteiger partial charge in [0.25, 0.3) is 11.6 Å². The van der Waals surface area contributed by atoms with Crippen molar-refractivity contribution in [3.8, 4) is 0 Å².